The van der Waals surface area contributed by atoms with Gasteiger partial charge in [-0.1, -0.05) is 11.6 Å². The van der Waals surface area contributed by atoms with E-state index in [0.717, 1.165) is 25.7 Å². The predicted molar refractivity (Wildman–Crippen MR) is 62.4 cm³/mol. The highest BCUT2D eigenvalue weighted by molar-refractivity contribution is 5.69. The van der Waals surface area contributed by atoms with Crippen molar-refractivity contribution in [3.63, 3.8) is 0 Å². The summed E-state index contributed by atoms with van der Waals surface area (Å²) in [5.74, 6) is -0.463. The maximum atomic E-state index is 11.2. The van der Waals surface area contributed by atoms with Crippen LogP contribution in [0.1, 0.15) is 39.0 Å². The maximum absolute atomic E-state index is 11.2. The lowest BCUT2D eigenvalue weighted by molar-refractivity contribution is -0.161. The number of hydrogen-bond donors (Lipinski definition) is 0. The molecule has 17 heavy (non-hydrogen) atoms. The third-order valence-corrected chi connectivity index (χ3v) is 3.30. The number of hydrogen-bond acceptors (Lipinski definition) is 4. The van der Waals surface area contributed by atoms with Crippen molar-refractivity contribution in [2.75, 3.05) is 19.8 Å². The van der Waals surface area contributed by atoms with Crippen molar-refractivity contribution in [3.8, 4) is 0 Å². The molecule has 1 spiro atoms. The minimum atomic E-state index is -0.354. The fourth-order valence-electron chi connectivity index (χ4n) is 2.34. The Balaban J connectivity index is 1.76. The highest BCUT2D eigenvalue weighted by Crippen LogP contribution is 2.36. The fourth-order valence-corrected chi connectivity index (χ4v) is 2.34. The summed E-state index contributed by atoms with van der Waals surface area (Å²) in [6.45, 7) is 3.69. The van der Waals surface area contributed by atoms with E-state index in [1.54, 1.807) is 0 Å². The van der Waals surface area contributed by atoms with Gasteiger partial charge in [-0.15, -0.1) is 0 Å². The van der Waals surface area contributed by atoms with Crippen LogP contribution in [0.5, 0.6) is 0 Å². The van der Waals surface area contributed by atoms with Gasteiger partial charge in [0, 0.05) is 19.3 Å². The van der Waals surface area contributed by atoms with Gasteiger partial charge < -0.3 is 14.2 Å². The van der Waals surface area contributed by atoms with Gasteiger partial charge in [0.1, 0.15) is 0 Å². The second-order valence-electron chi connectivity index (χ2n) is 4.48. The zero-order chi connectivity index (χ0) is 12.1. The normalized spacial score (nSPS) is 22.5. The zero-order valence-corrected chi connectivity index (χ0v) is 10.4. The first-order valence-corrected chi connectivity index (χ1v) is 6.35. The number of carbonyl (C=O) groups excluding carboxylic acids is 1. The van der Waals surface area contributed by atoms with Crippen molar-refractivity contribution in [1.82, 2.24) is 0 Å². The smallest absolute Gasteiger partial charge is 0.306 e. The lowest BCUT2D eigenvalue weighted by Crippen LogP contribution is -2.31. The van der Waals surface area contributed by atoms with E-state index in [9.17, 15) is 4.79 Å². The van der Waals surface area contributed by atoms with E-state index in [-0.39, 0.29) is 11.8 Å². The Bertz CT molecular complexity index is 303. The minimum Gasteiger partial charge on any atom is -0.466 e. The van der Waals surface area contributed by atoms with Gasteiger partial charge in [0.05, 0.1) is 19.8 Å². The Morgan fingerprint density at radius 2 is 2.24 bits per heavy atom. The van der Waals surface area contributed by atoms with E-state index in [0.29, 0.717) is 26.2 Å². The lowest BCUT2D eigenvalue weighted by atomic mass is 9.91. The molecule has 2 rings (SSSR count). The van der Waals surface area contributed by atoms with Crippen molar-refractivity contribution in [2.24, 2.45) is 0 Å². The van der Waals surface area contributed by atoms with Crippen LogP contribution in [0.3, 0.4) is 0 Å². The standard InChI is InChI=1S/C13H20O4/c1-2-15-12(14)4-3-11-5-7-13(8-6-11)16-9-10-17-13/h5H,2-4,6-10H2,1H3. The molecule has 4 nitrogen and oxygen atoms in total. The molecule has 2 aliphatic rings. The maximum Gasteiger partial charge on any atom is 0.306 e. The van der Waals surface area contributed by atoms with E-state index < -0.39 is 0 Å². The molecule has 0 aromatic rings. The molecule has 0 atom stereocenters. The Hall–Kier alpha value is -0.870. The van der Waals surface area contributed by atoms with E-state index in [1.807, 2.05) is 6.92 Å². The third-order valence-electron chi connectivity index (χ3n) is 3.30. The van der Waals surface area contributed by atoms with Gasteiger partial charge in [0.25, 0.3) is 0 Å². The molecule has 0 aromatic heterocycles. The quantitative estimate of drug-likeness (QED) is 0.558. The van der Waals surface area contributed by atoms with E-state index in [2.05, 4.69) is 6.08 Å². The summed E-state index contributed by atoms with van der Waals surface area (Å²) < 4.78 is 16.2. The highest BCUT2D eigenvalue weighted by atomic mass is 16.7. The number of carbonyl (C=O) groups is 1. The minimum absolute atomic E-state index is 0.109. The molecule has 1 fully saturated rings. The molecule has 0 N–H and O–H groups in total. The van der Waals surface area contributed by atoms with Crippen LogP contribution in [0.2, 0.25) is 0 Å². The molecule has 1 saturated heterocycles. The van der Waals surface area contributed by atoms with Crippen LogP contribution in [0.25, 0.3) is 0 Å². The molecule has 96 valence electrons. The van der Waals surface area contributed by atoms with Crippen LogP contribution < -0.4 is 0 Å². The predicted octanol–water partition coefficient (Wildman–Crippen LogP) is 2.18. The van der Waals surface area contributed by atoms with E-state index in [4.69, 9.17) is 14.2 Å². The summed E-state index contributed by atoms with van der Waals surface area (Å²) in [6, 6.07) is 0. The van der Waals surface area contributed by atoms with Crippen molar-refractivity contribution in [3.05, 3.63) is 11.6 Å². The van der Waals surface area contributed by atoms with Gasteiger partial charge in [0.15, 0.2) is 5.79 Å². The Morgan fingerprint density at radius 1 is 1.47 bits per heavy atom. The second-order valence-corrected chi connectivity index (χ2v) is 4.48. The molecule has 1 heterocycles. The average Bonchev–Trinajstić information content (AvgIpc) is 2.78. The van der Waals surface area contributed by atoms with Crippen molar-refractivity contribution in [2.45, 2.75) is 44.8 Å². The Kier molecular flexibility index (Phi) is 4.18. The molecule has 0 amide bonds. The van der Waals surface area contributed by atoms with Crippen LogP contribution in [0.15, 0.2) is 11.6 Å². The van der Waals surface area contributed by atoms with E-state index in [1.165, 1.54) is 5.57 Å². The van der Waals surface area contributed by atoms with Crippen molar-refractivity contribution < 1.29 is 19.0 Å². The SMILES string of the molecule is CCOC(=O)CCC1=CCC2(CC1)OCCO2. The molecule has 1 aliphatic carbocycles. The molecular formula is C13H20O4. The molecule has 1 aliphatic heterocycles. The summed E-state index contributed by atoms with van der Waals surface area (Å²) in [6.07, 6.45) is 6.11. The molecule has 0 unspecified atom stereocenters. The number of ether oxygens (including phenoxy) is 3. The van der Waals surface area contributed by atoms with Gasteiger partial charge in [-0.2, -0.15) is 0 Å². The topological polar surface area (TPSA) is 44.8 Å². The van der Waals surface area contributed by atoms with Crippen molar-refractivity contribution >= 4 is 5.97 Å². The molecule has 0 saturated carbocycles. The number of allylic oxidation sites excluding steroid dienone is 1. The van der Waals surface area contributed by atoms with Crippen LogP contribution >= 0.6 is 0 Å². The Labute approximate surface area is 102 Å². The summed E-state index contributed by atoms with van der Waals surface area (Å²) in [5, 5.41) is 0. The third kappa shape index (κ3) is 3.30. The van der Waals surface area contributed by atoms with Gasteiger partial charge in [0.2, 0.25) is 0 Å². The van der Waals surface area contributed by atoms with Crippen LogP contribution in [-0.2, 0) is 19.0 Å². The average molecular weight is 240 g/mol. The summed E-state index contributed by atoms with van der Waals surface area (Å²) >= 11 is 0. The summed E-state index contributed by atoms with van der Waals surface area (Å²) in [7, 11) is 0. The van der Waals surface area contributed by atoms with Gasteiger partial charge >= 0.3 is 5.97 Å². The number of esters is 1. The molecule has 0 radical (unpaired) electrons. The van der Waals surface area contributed by atoms with Crippen molar-refractivity contribution in [1.29, 1.82) is 0 Å². The van der Waals surface area contributed by atoms with Crippen LogP contribution in [0.4, 0.5) is 0 Å². The molecule has 0 aromatic carbocycles. The zero-order valence-electron chi connectivity index (χ0n) is 10.4. The van der Waals surface area contributed by atoms with Crippen LogP contribution in [-0.4, -0.2) is 31.6 Å². The lowest BCUT2D eigenvalue weighted by Gasteiger charge is -2.30. The first-order valence-electron chi connectivity index (χ1n) is 6.35. The summed E-state index contributed by atoms with van der Waals surface area (Å²) in [4.78, 5) is 11.2. The first-order chi connectivity index (χ1) is 8.24. The summed E-state index contributed by atoms with van der Waals surface area (Å²) in [5.41, 5.74) is 1.32. The number of rotatable bonds is 4. The molecular weight excluding hydrogens is 220 g/mol. The monoisotopic (exact) mass is 240 g/mol. The first kappa shape index (κ1) is 12.6. The highest BCUT2D eigenvalue weighted by Gasteiger charge is 2.37. The Morgan fingerprint density at radius 3 is 2.82 bits per heavy atom. The fraction of sp³-hybridized carbons (Fsp3) is 0.769. The van der Waals surface area contributed by atoms with Gasteiger partial charge in [-0.25, -0.2) is 0 Å². The molecule has 4 heteroatoms. The second kappa shape index (κ2) is 5.65. The van der Waals surface area contributed by atoms with E-state index >= 15 is 0 Å². The molecule has 0 bridgehead atoms. The largest absolute Gasteiger partial charge is 0.466 e. The van der Waals surface area contributed by atoms with Gasteiger partial charge in [-0.05, 0) is 19.8 Å². The van der Waals surface area contributed by atoms with Gasteiger partial charge in [-0.3, -0.25) is 4.79 Å². The van der Waals surface area contributed by atoms with Crippen LogP contribution in [0, 0.1) is 0 Å².